The Balaban J connectivity index is 1.88. The van der Waals surface area contributed by atoms with Crippen LogP contribution in [0, 0.1) is 0 Å². The molecule has 1 N–H and O–H groups in total. The SMILES string of the molecule is COc1cc(NC2CCOc3ccc(Br)cc32)ccc1Cl. The molecule has 3 rings (SSSR count). The summed E-state index contributed by atoms with van der Waals surface area (Å²) in [6.07, 6.45) is 0.911. The highest BCUT2D eigenvalue weighted by atomic mass is 79.9. The monoisotopic (exact) mass is 367 g/mol. The number of nitrogens with one attached hydrogen (secondary N) is 1. The molecule has 110 valence electrons. The number of fused-ring (bicyclic) bond motifs is 1. The highest BCUT2D eigenvalue weighted by molar-refractivity contribution is 9.10. The molecule has 0 fully saturated rings. The summed E-state index contributed by atoms with van der Waals surface area (Å²) in [4.78, 5) is 0. The van der Waals surface area contributed by atoms with Gasteiger partial charge in [0.05, 0.1) is 24.8 Å². The van der Waals surface area contributed by atoms with Crippen LogP contribution in [0.25, 0.3) is 0 Å². The van der Waals surface area contributed by atoms with Gasteiger partial charge >= 0.3 is 0 Å². The Morgan fingerprint density at radius 1 is 1.29 bits per heavy atom. The van der Waals surface area contributed by atoms with E-state index in [0.717, 1.165) is 27.9 Å². The second kappa shape index (κ2) is 6.16. The fraction of sp³-hybridized carbons (Fsp3) is 0.250. The summed E-state index contributed by atoms with van der Waals surface area (Å²) in [5.41, 5.74) is 2.14. The van der Waals surface area contributed by atoms with E-state index in [1.807, 2.05) is 30.3 Å². The van der Waals surface area contributed by atoms with Gasteiger partial charge in [-0.2, -0.15) is 0 Å². The minimum Gasteiger partial charge on any atom is -0.495 e. The van der Waals surface area contributed by atoms with Crippen LogP contribution >= 0.6 is 27.5 Å². The summed E-state index contributed by atoms with van der Waals surface area (Å²) in [5.74, 6) is 1.60. The van der Waals surface area contributed by atoms with Crippen LogP contribution in [0.1, 0.15) is 18.0 Å². The lowest BCUT2D eigenvalue weighted by molar-refractivity contribution is 0.274. The molecule has 0 saturated carbocycles. The third-order valence-corrected chi connectivity index (χ3v) is 4.31. The van der Waals surface area contributed by atoms with Gasteiger partial charge in [0.15, 0.2) is 0 Å². The molecule has 1 aliphatic heterocycles. The highest BCUT2D eigenvalue weighted by Gasteiger charge is 2.21. The van der Waals surface area contributed by atoms with Gasteiger partial charge in [-0.05, 0) is 30.3 Å². The largest absolute Gasteiger partial charge is 0.495 e. The molecule has 0 radical (unpaired) electrons. The zero-order valence-electron chi connectivity index (χ0n) is 11.5. The summed E-state index contributed by atoms with van der Waals surface area (Å²) in [5, 5.41) is 4.14. The van der Waals surface area contributed by atoms with E-state index in [1.54, 1.807) is 7.11 Å². The Kier molecular flexibility index (Phi) is 4.27. The molecule has 0 aliphatic carbocycles. The number of anilines is 1. The van der Waals surface area contributed by atoms with Gasteiger partial charge in [-0.3, -0.25) is 0 Å². The van der Waals surface area contributed by atoms with Crippen LogP contribution < -0.4 is 14.8 Å². The Labute approximate surface area is 137 Å². The molecule has 21 heavy (non-hydrogen) atoms. The van der Waals surface area contributed by atoms with E-state index in [9.17, 15) is 0 Å². The molecule has 0 amide bonds. The Morgan fingerprint density at radius 2 is 2.14 bits per heavy atom. The van der Waals surface area contributed by atoms with Crippen LogP contribution in [0.5, 0.6) is 11.5 Å². The molecule has 0 bridgehead atoms. The van der Waals surface area contributed by atoms with Crippen molar-refractivity contribution >= 4 is 33.2 Å². The smallest absolute Gasteiger partial charge is 0.139 e. The number of hydrogen-bond donors (Lipinski definition) is 1. The van der Waals surface area contributed by atoms with Crippen LogP contribution in [-0.4, -0.2) is 13.7 Å². The minimum absolute atomic E-state index is 0.206. The quantitative estimate of drug-likeness (QED) is 0.822. The molecule has 2 aromatic carbocycles. The fourth-order valence-corrected chi connectivity index (χ4v) is 3.04. The van der Waals surface area contributed by atoms with Gasteiger partial charge in [-0.15, -0.1) is 0 Å². The van der Waals surface area contributed by atoms with Crippen molar-refractivity contribution in [3.63, 3.8) is 0 Å². The van der Waals surface area contributed by atoms with E-state index in [-0.39, 0.29) is 6.04 Å². The van der Waals surface area contributed by atoms with Gasteiger partial charge in [0.25, 0.3) is 0 Å². The first kappa shape index (κ1) is 14.5. The third-order valence-electron chi connectivity index (χ3n) is 3.50. The molecule has 2 aromatic rings. The molecule has 1 unspecified atom stereocenters. The molecule has 1 atom stereocenters. The average molecular weight is 369 g/mol. The van der Waals surface area contributed by atoms with Crippen molar-refractivity contribution in [1.82, 2.24) is 0 Å². The van der Waals surface area contributed by atoms with E-state index in [0.29, 0.717) is 17.4 Å². The lowest BCUT2D eigenvalue weighted by Crippen LogP contribution is -2.20. The van der Waals surface area contributed by atoms with Crippen molar-refractivity contribution in [2.75, 3.05) is 19.0 Å². The lowest BCUT2D eigenvalue weighted by atomic mass is 10.0. The van der Waals surface area contributed by atoms with E-state index in [2.05, 4.69) is 27.3 Å². The van der Waals surface area contributed by atoms with Crippen molar-refractivity contribution in [3.05, 3.63) is 51.5 Å². The summed E-state index contributed by atoms with van der Waals surface area (Å²) < 4.78 is 12.0. The second-order valence-corrected chi connectivity index (χ2v) is 6.19. The third kappa shape index (κ3) is 3.11. The zero-order valence-corrected chi connectivity index (χ0v) is 13.9. The summed E-state index contributed by atoms with van der Waals surface area (Å²) >= 11 is 9.58. The standard InChI is InChI=1S/C16H15BrClNO2/c1-20-16-9-11(3-4-13(16)18)19-14-6-7-21-15-5-2-10(17)8-12(14)15/h2-5,8-9,14,19H,6-7H2,1H3. The molecule has 3 nitrogen and oxygen atoms in total. The number of halogens is 2. The second-order valence-electron chi connectivity index (χ2n) is 4.87. The van der Waals surface area contributed by atoms with E-state index >= 15 is 0 Å². The van der Waals surface area contributed by atoms with Crippen LogP contribution in [0.15, 0.2) is 40.9 Å². The van der Waals surface area contributed by atoms with Gasteiger partial charge in [0.1, 0.15) is 11.5 Å². The van der Waals surface area contributed by atoms with Gasteiger partial charge in [0, 0.05) is 28.2 Å². The van der Waals surface area contributed by atoms with E-state index < -0.39 is 0 Å². The predicted molar refractivity (Wildman–Crippen MR) is 88.6 cm³/mol. The van der Waals surface area contributed by atoms with Crippen LogP contribution in [0.2, 0.25) is 5.02 Å². The van der Waals surface area contributed by atoms with Crippen molar-refractivity contribution in [3.8, 4) is 11.5 Å². The maximum atomic E-state index is 6.06. The minimum atomic E-state index is 0.206. The molecular formula is C16H15BrClNO2. The van der Waals surface area contributed by atoms with Gasteiger partial charge in [-0.25, -0.2) is 0 Å². The van der Waals surface area contributed by atoms with Crippen molar-refractivity contribution < 1.29 is 9.47 Å². The van der Waals surface area contributed by atoms with Crippen molar-refractivity contribution in [2.45, 2.75) is 12.5 Å². The van der Waals surface area contributed by atoms with Gasteiger partial charge in [0.2, 0.25) is 0 Å². The van der Waals surface area contributed by atoms with Crippen LogP contribution in [0.4, 0.5) is 5.69 Å². The zero-order chi connectivity index (χ0) is 14.8. The Bertz CT molecular complexity index is 663. The molecular weight excluding hydrogens is 354 g/mol. The van der Waals surface area contributed by atoms with Crippen LogP contribution in [0.3, 0.4) is 0 Å². The predicted octanol–water partition coefficient (Wildman–Crippen LogP) is 5.05. The molecule has 5 heteroatoms. The number of methoxy groups -OCH3 is 1. The number of ether oxygens (including phenoxy) is 2. The maximum Gasteiger partial charge on any atom is 0.139 e. The van der Waals surface area contributed by atoms with E-state index in [4.69, 9.17) is 21.1 Å². The topological polar surface area (TPSA) is 30.5 Å². The molecule has 1 heterocycles. The lowest BCUT2D eigenvalue weighted by Gasteiger charge is -2.28. The average Bonchev–Trinajstić information content (AvgIpc) is 2.50. The number of rotatable bonds is 3. The summed E-state index contributed by atoms with van der Waals surface area (Å²) in [7, 11) is 1.62. The summed E-state index contributed by atoms with van der Waals surface area (Å²) in [6.45, 7) is 0.705. The number of benzene rings is 2. The molecule has 0 spiro atoms. The van der Waals surface area contributed by atoms with Gasteiger partial charge in [-0.1, -0.05) is 27.5 Å². The normalized spacial score (nSPS) is 16.8. The van der Waals surface area contributed by atoms with E-state index in [1.165, 1.54) is 0 Å². The first-order chi connectivity index (χ1) is 10.2. The highest BCUT2D eigenvalue weighted by Crippen LogP contribution is 2.37. The van der Waals surface area contributed by atoms with Crippen molar-refractivity contribution in [1.29, 1.82) is 0 Å². The Hall–Kier alpha value is -1.39. The Morgan fingerprint density at radius 3 is 2.95 bits per heavy atom. The maximum absolute atomic E-state index is 6.06. The molecule has 0 saturated heterocycles. The van der Waals surface area contributed by atoms with Crippen LogP contribution in [-0.2, 0) is 0 Å². The summed E-state index contributed by atoms with van der Waals surface area (Å²) in [6, 6.07) is 12.0. The molecule has 0 aromatic heterocycles. The number of hydrogen-bond acceptors (Lipinski definition) is 3. The fourth-order valence-electron chi connectivity index (χ4n) is 2.47. The first-order valence-corrected chi connectivity index (χ1v) is 7.87. The van der Waals surface area contributed by atoms with Crippen molar-refractivity contribution in [2.24, 2.45) is 0 Å². The molecule has 1 aliphatic rings. The van der Waals surface area contributed by atoms with Gasteiger partial charge < -0.3 is 14.8 Å². The first-order valence-electron chi connectivity index (χ1n) is 6.69.